The zero-order valence-corrected chi connectivity index (χ0v) is 17.4. The van der Waals surface area contributed by atoms with E-state index in [0.717, 1.165) is 44.5 Å². The molecule has 1 amide bonds. The number of aromatic nitrogens is 5. The zero-order chi connectivity index (χ0) is 22.2. The molecule has 0 aliphatic carbocycles. The van der Waals surface area contributed by atoms with Gasteiger partial charge >= 0.3 is 0 Å². The number of fused-ring (bicyclic) bond motifs is 2. The lowest BCUT2D eigenvalue weighted by Gasteiger charge is -2.08. The van der Waals surface area contributed by atoms with Gasteiger partial charge in [-0.3, -0.25) is 19.9 Å². The summed E-state index contributed by atoms with van der Waals surface area (Å²) in [5, 5.41) is 11.5. The minimum Gasteiger partial charge on any atom is -0.352 e. The number of rotatable bonds is 4. The molecule has 6 rings (SSSR count). The van der Waals surface area contributed by atoms with Crippen molar-refractivity contribution in [1.29, 1.82) is 0 Å². The Bertz CT molecular complexity index is 1580. The third-order valence-electron chi connectivity index (χ3n) is 5.57. The van der Waals surface area contributed by atoms with E-state index in [9.17, 15) is 4.79 Å². The highest BCUT2D eigenvalue weighted by molar-refractivity contribution is 6.04. The van der Waals surface area contributed by atoms with Gasteiger partial charge in [0.1, 0.15) is 5.69 Å². The number of nitrogens with one attached hydrogen (secondary N) is 3. The molecule has 158 valence electrons. The summed E-state index contributed by atoms with van der Waals surface area (Å²) in [6, 6.07) is 23.0. The number of aromatic amines is 2. The van der Waals surface area contributed by atoms with E-state index in [-0.39, 0.29) is 5.91 Å². The summed E-state index contributed by atoms with van der Waals surface area (Å²) in [4.78, 5) is 24.6. The largest absolute Gasteiger partial charge is 0.352 e. The minimum atomic E-state index is -0.172. The summed E-state index contributed by atoms with van der Waals surface area (Å²) in [6.07, 6.45) is 5.20. The van der Waals surface area contributed by atoms with Gasteiger partial charge in [-0.1, -0.05) is 24.3 Å². The Hall–Kier alpha value is -4.78. The molecule has 0 bridgehead atoms. The van der Waals surface area contributed by atoms with E-state index >= 15 is 0 Å². The van der Waals surface area contributed by atoms with Crippen molar-refractivity contribution in [2.75, 3.05) is 5.32 Å². The number of carbonyl (C=O) groups excluding carboxylic acids is 1. The van der Waals surface area contributed by atoms with Crippen LogP contribution >= 0.6 is 0 Å². The smallest absolute Gasteiger partial charge is 0.255 e. The van der Waals surface area contributed by atoms with E-state index in [1.165, 1.54) is 0 Å². The Labute approximate surface area is 188 Å². The topological polar surface area (TPSA) is 99.3 Å². The predicted octanol–water partition coefficient (Wildman–Crippen LogP) is 5.42. The lowest BCUT2D eigenvalue weighted by Crippen LogP contribution is -2.11. The van der Waals surface area contributed by atoms with Gasteiger partial charge in [-0.2, -0.15) is 5.10 Å². The van der Waals surface area contributed by atoms with E-state index in [2.05, 4.69) is 36.5 Å². The highest BCUT2D eigenvalue weighted by Gasteiger charge is 2.13. The molecule has 7 nitrogen and oxygen atoms in total. The fraction of sp³-hybridized carbons (Fsp3) is 0. The number of hydrogen-bond donors (Lipinski definition) is 3. The molecule has 4 aromatic heterocycles. The van der Waals surface area contributed by atoms with Crippen molar-refractivity contribution < 1.29 is 4.79 Å². The van der Waals surface area contributed by atoms with Crippen molar-refractivity contribution in [3.8, 4) is 22.5 Å². The summed E-state index contributed by atoms with van der Waals surface area (Å²) in [5.41, 5.74) is 7.62. The Kier molecular flexibility index (Phi) is 4.43. The average Bonchev–Trinajstić information content (AvgIpc) is 3.48. The van der Waals surface area contributed by atoms with Gasteiger partial charge in [0.05, 0.1) is 34.1 Å². The third kappa shape index (κ3) is 3.51. The second-order valence-corrected chi connectivity index (χ2v) is 7.73. The minimum absolute atomic E-state index is 0.172. The Morgan fingerprint density at radius 3 is 2.64 bits per heavy atom. The number of benzene rings is 2. The summed E-state index contributed by atoms with van der Waals surface area (Å²) in [5.74, 6) is -0.172. The molecule has 33 heavy (non-hydrogen) atoms. The van der Waals surface area contributed by atoms with Gasteiger partial charge in [0.2, 0.25) is 0 Å². The number of carbonyl (C=O) groups is 1. The third-order valence-corrected chi connectivity index (χ3v) is 5.57. The summed E-state index contributed by atoms with van der Waals surface area (Å²) < 4.78 is 0. The van der Waals surface area contributed by atoms with Crippen LogP contribution in [0.15, 0.2) is 91.4 Å². The van der Waals surface area contributed by atoms with E-state index in [1.54, 1.807) is 30.7 Å². The lowest BCUT2D eigenvalue weighted by molar-refractivity contribution is 0.102. The van der Waals surface area contributed by atoms with Gasteiger partial charge in [-0.05, 0) is 54.1 Å². The van der Waals surface area contributed by atoms with E-state index in [0.29, 0.717) is 11.3 Å². The Morgan fingerprint density at radius 2 is 1.76 bits per heavy atom. The standard InChI is InChI=1S/C26H18N6O/c33-26(16-5-2-1-3-6-16)29-19-11-18(14-27-15-19)17-8-9-21-20(12-17)25(32-31-21)24-13-23-22(30-24)7-4-10-28-23/h1-15,30H,(H,29,33)(H,31,32). The van der Waals surface area contributed by atoms with Crippen LogP contribution in [0.1, 0.15) is 10.4 Å². The van der Waals surface area contributed by atoms with Crippen LogP contribution in [0, 0.1) is 0 Å². The van der Waals surface area contributed by atoms with Gasteiger partial charge in [-0.15, -0.1) is 0 Å². The Balaban J connectivity index is 1.36. The first-order chi connectivity index (χ1) is 16.2. The van der Waals surface area contributed by atoms with Crippen molar-refractivity contribution in [3.63, 3.8) is 0 Å². The molecule has 0 radical (unpaired) electrons. The molecule has 6 aromatic rings. The van der Waals surface area contributed by atoms with Gasteiger partial charge in [0.15, 0.2) is 0 Å². The molecule has 0 fully saturated rings. The second kappa shape index (κ2) is 7.72. The molecule has 0 aliphatic rings. The monoisotopic (exact) mass is 430 g/mol. The van der Waals surface area contributed by atoms with Crippen molar-refractivity contribution in [2.24, 2.45) is 0 Å². The number of nitrogens with zero attached hydrogens (tertiary/aromatic N) is 3. The zero-order valence-electron chi connectivity index (χ0n) is 17.4. The van der Waals surface area contributed by atoms with Crippen LogP contribution in [-0.2, 0) is 0 Å². The molecule has 0 saturated carbocycles. The first-order valence-corrected chi connectivity index (χ1v) is 10.5. The summed E-state index contributed by atoms with van der Waals surface area (Å²) in [6.45, 7) is 0. The van der Waals surface area contributed by atoms with Crippen LogP contribution in [0.5, 0.6) is 0 Å². The number of anilines is 1. The molecule has 2 aromatic carbocycles. The Morgan fingerprint density at radius 1 is 0.848 bits per heavy atom. The highest BCUT2D eigenvalue weighted by Crippen LogP contribution is 2.31. The van der Waals surface area contributed by atoms with Crippen molar-refractivity contribution in [1.82, 2.24) is 25.1 Å². The van der Waals surface area contributed by atoms with Gasteiger partial charge < -0.3 is 10.3 Å². The molecule has 4 heterocycles. The molecular formula is C26H18N6O. The van der Waals surface area contributed by atoms with Gasteiger partial charge in [0.25, 0.3) is 5.91 Å². The first kappa shape index (κ1) is 18.9. The number of hydrogen-bond acceptors (Lipinski definition) is 4. The molecule has 0 spiro atoms. The molecule has 3 N–H and O–H groups in total. The van der Waals surface area contributed by atoms with Gasteiger partial charge in [-0.25, -0.2) is 0 Å². The molecular weight excluding hydrogens is 412 g/mol. The fourth-order valence-electron chi connectivity index (χ4n) is 3.94. The van der Waals surface area contributed by atoms with Crippen LogP contribution in [0.3, 0.4) is 0 Å². The molecule has 7 heteroatoms. The predicted molar refractivity (Wildman–Crippen MR) is 129 cm³/mol. The number of H-pyrrole nitrogens is 2. The lowest BCUT2D eigenvalue weighted by atomic mass is 10.0. The average molecular weight is 430 g/mol. The maximum absolute atomic E-state index is 12.5. The molecule has 0 saturated heterocycles. The molecule has 0 unspecified atom stereocenters. The summed E-state index contributed by atoms with van der Waals surface area (Å²) >= 11 is 0. The SMILES string of the molecule is O=C(Nc1cncc(-c2ccc3[nH]nc(-c4cc5ncccc5[nH]4)c3c2)c1)c1ccccc1. The van der Waals surface area contributed by atoms with Crippen molar-refractivity contribution in [3.05, 3.63) is 97.0 Å². The normalized spacial score (nSPS) is 11.2. The van der Waals surface area contributed by atoms with Crippen molar-refractivity contribution >= 4 is 33.5 Å². The van der Waals surface area contributed by atoms with E-state index in [1.807, 2.05) is 54.6 Å². The fourth-order valence-corrected chi connectivity index (χ4v) is 3.94. The second-order valence-electron chi connectivity index (χ2n) is 7.73. The maximum Gasteiger partial charge on any atom is 0.255 e. The highest BCUT2D eigenvalue weighted by atomic mass is 16.1. The quantitative estimate of drug-likeness (QED) is 0.348. The van der Waals surface area contributed by atoms with E-state index < -0.39 is 0 Å². The maximum atomic E-state index is 12.5. The van der Waals surface area contributed by atoms with Crippen LogP contribution in [0.4, 0.5) is 5.69 Å². The first-order valence-electron chi connectivity index (χ1n) is 10.5. The van der Waals surface area contributed by atoms with Gasteiger partial charge in [0, 0.05) is 28.9 Å². The molecule has 0 atom stereocenters. The van der Waals surface area contributed by atoms with Crippen LogP contribution in [-0.4, -0.2) is 31.1 Å². The van der Waals surface area contributed by atoms with E-state index in [4.69, 9.17) is 0 Å². The number of pyridine rings is 2. The van der Waals surface area contributed by atoms with Crippen LogP contribution < -0.4 is 5.32 Å². The van der Waals surface area contributed by atoms with Crippen LogP contribution in [0.25, 0.3) is 44.5 Å². The molecule has 0 aliphatic heterocycles. The van der Waals surface area contributed by atoms with Crippen molar-refractivity contribution in [2.45, 2.75) is 0 Å². The summed E-state index contributed by atoms with van der Waals surface area (Å²) in [7, 11) is 0. The van der Waals surface area contributed by atoms with Crippen LogP contribution in [0.2, 0.25) is 0 Å². The number of amides is 1.